The predicted octanol–water partition coefficient (Wildman–Crippen LogP) is 2.20. The van der Waals surface area contributed by atoms with Crippen LogP contribution in [0.5, 0.6) is 23.0 Å². The molecule has 0 amide bonds. The summed E-state index contributed by atoms with van der Waals surface area (Å²) in [7, 11) is 2.79. The lowest BCUT2D eigenvalue weighted by Gasteiger charge is -2.34. The first-order valence-corrected chi connectivity index (χ1v) is 12.3. The summed E-state index contributed by atoms with van der Waals surface area (Å²) >= 11 is 0. The maximum Gasteiger partial charge on any atom is 0.325 e. The number of carboxylic acids is 3. The van der Waals surface area contributed by atoms with Gasteiger partial charge in [-0.25, -0.2) is 0 Å². The third-order valence-electron chi connectivity index (χ3n) is 6.34. The molecule has 0 saturated heterocycles. The van der Waals surface area contributed by atoms with E-state index >= 15 is 0 Å². The number of ether oxygens (including phenoxy) is 2. The number of aromatic nitrogens is 1. The molecule has 0 fully saturated rings. The fourth-order valence-electron chi connectivity index (χ4n) is 4.53. The highest BCUT2D eigenvalue weighted by molar-refractivity contribution is 5.78. The third-order valence-corrected chi connectivity index (χ3v) is 6.34. The lowest BCUT2D eigenvalue weighted by atomic mass is 9.99. The SMILES string of the molecule is COc1ccc(O)c(C(C(=O)O)N(CCN(CC(=O)O)C(c2ccccn2)c2cc(OC)ccc2O)CC(=O)O)c1. The number of methoxy groups -OCH3 is 2. The third kappa shape index (κ3) is 7.84. The van der Waals surface area contributed by atoms with E-state index in [9.17, 15) is 39.9 Å². The molecule has 0 saturated carbocycles. The number of carboxylic acid groups (broad SMARTS) is 3. The van der Waals surface area contributed by atoms with Crippen molar-refractivity contribution in [1.82, 2.24) is 14.8 Å². The second-order valence-electron chi connectivity index (χ2n) is 8.98. The Kier molecular flexibility index (Phi) is 10.4. The Morgan fingerprint density at radius 2 is 1.32 bits per heavy atom. The molecule has 13 heteroatoms. The zero-order chi connectivity index (χ0) is 30.1. The van der Waals surface area contributed by atoms with Gasteiger partial charge in [0.2, 0.25) is 0 Å². The number of carbonyl (C=O) groups is 3. The molecule has 2 atom stereocenters. The summed E-state index contributed by atoms with van der Waals surface area (Å²) in [5.74, 6) is -3.91. The fraction of sp³-hybridized carbons (Fsp3) is 0.286. The number of rotatable bonds is 15. The van der Waals surface area contributed by atoms with Crippen molar-refractivity contribution >= 4 is 17.9 Å². The zero-order valence-electron chi connectivity index (χ0n) is 22.4. The Morgan fingerprint density at radius 3 is 1.83 bits per heavy atom. The maximum absolute atomic E-state index is 12.4. The first-order valence-electron chi connectivity index (χ1n) is 12.3. The Bertz CT molecular complexity index is 1370. The molecule has 3 aromatic rings. The van der Waals surface area contributed by atoms with E-state index in [4.69, 9.17) is 9.47 Å². The number of pyridine rings is 1. The second-order valence-corrected chi connectivity index (χ2v) is 8.98. The number of nitrogens with zero attached hydrogens (tertiary/aromatic N) is 3. The van der Waals surface area contributed by atoms with Crippen molar-refractivity contribution in [3.05, 3.63) is 77.6 Å². The van der Waals surface area contributed by atoms with Gasteiger partial charge in [0.25, 0.3) is 0 Å². The van der Waals surface area contributed by atoms with Gasteiger partial charge in [0.1, 0.15) is 29.0 Å². The molecule has 3 rings (SSSR count). The first-order chi connectivity index (χ1) is 19.5. The molecule has 0 aliphatic heterocycles. The van der Waals surface area contributed by atoms with Crippen LogP contribution in [0.25, 0.3) is 0 Å². The normalized spacial score (nSPS) is 12.6. The monoisotopic (exact) mass is 569 g/mol. The number of benzene rings is 2. The summed E-state index contributed by atoms with van der Waals surface area (Å²) in [5, 5.41) is 50.7. The number of aliphatic carboxylic acids is 3. The van der Waals surface area contributed by atoms with Crippen molar-refractivity contribution < 1.29 is 49.4 Å². The van der Waals surface area contributed by atoms with E-state index < -0.39 is 43.1 Å². The van der Waals surface area contributed by atoms with E-state index in [0.29, 0.717) is 11.4 Å². The van der Waals surface area contributed by atoms with Crippen molar-refractivity contribution in [2.24, 2.45) is 0 Å². The molecule has 0 aliphatic carbocycles. The molecular weight excluding hydrogens is 538 g/mol. The van der Waals surface area contributed by atoms with Crippen LogP contribution < -0.4 is 9.47 Å². The van der Waals surface area contributed by atoms with E-state index in [1.165, 1.54) is 61.7 Å². The van der Waals surface area contributed by atoms with Crippen LogP contribution >= 0.6 is 0 Å². The van der Waals surface area contributed by atoms with Crippen LogP contribution in [0.15, 0.2) is 60.8 Å². The predicted molar refractivity (Wildman–Crippen MR) is 144 cm³/mol. The first kappa shape index (κ1) is 30.7. The number of phenols is 2. The number of hydrogen-bond donors (Lipinski definition) is 5. The van der Waals surface area contributed by atoms with Crippen molar-refractivity contribution in [3.8, 4) is 23.0 Å². The molecule has 13 nitrogen and oxygen atoms in total. The zero-order valence-corrected chi connectivity index (χ0v) is 22.4. The number of hydrogen-bond acceptors (Lipinski definition) is 10. The van der Waals surface area contributed by atoms with Crippen LogP contribution in [-0.4, -0.2) is 98.6 Å². The minimum atomic E-state index is -1.62. The lowest BCUT2D eigenvalue weighted by Crippen LogP contribution is -2.45. The van der Waals surface area contributed by atoms with Gasteiger partial charge < -0.3 is 35.0 Å². The van der Waals surface area contributed by atoms with Crippen molar-refractivity contribution in [2.75, 3.05) is 40.4 Å². The van der Waals surface area contributed by atoms with E-state index in [0.717, 1.165) is 4.90 Å². The van der Waals surface area contributed by atoms with Gasteiger partial charge in [0, 0.05) is 30.4 Å². The van der Waals surface area contributed by atoms with Crippen LogP contribution in [0.3, 0.4) is 0 Å². The summed E-state index contributed by atoms with van der Waals surface area (Å²) < 4.78 is 10.4. The summed E-state index contributed by atoms with van der Waals surface area (Å²) in [5.41, 5.74) is 0.547. The van der Waals surface area contributed by atoms with Crippen molar-refractivity contribution in [1.29, 1.82) is 0 Å². The highest BCUT2D eigenvalue weighted by Gasteiger charge is 2.34. The Labute approximate surface area is 235 Å². The highest BCUT2D eigenvalue weighted by atomic mass is 16.5. The summed E-state index contributed by atoms with van der Waals surface area (Å²) in [6.07, 6.45) is 1.50. The molecule has 0 spiro atoms. The lowest BCUT2D eigenvalue weighted by molar-refractivity contribution is -0.147. The topological polar surface area (TPSA) is 190 Å². The number of aromatic hydroxyl groups is 2. The van der Waals surface area contributed by atoms with Gasteiger partial charge in [-0.05, 0) is 48.5 Å². The summed E-state index contributed by atoms with van der Waals surface area (Å²) in [4.78, 5) is 43.1. The van der Waals surface area contributed by atoms with Gasteiger partial charge in [-0.15, -0.1) is 0 Å². The van der Waals surface area contributed by atoms with Crippen molar-refractivity contribution in [3.63, 3.8) is 0 Å². The van der Waals surface area contributed by atoms with Crippen LogP contribution in [-0.2, 0) is 14.4 Å². The van der Waals surface area contributed by atoms with E-state index in [1.807, 2.05) is 0 Å². The standard InChI is InChI=1S/C28H31N3O10/c1-40-17-6-8-22(32)19(13-17)26(21-5-3-4-10-29-21)30(15-24(34)35)11-12-31(16-25(36)37)27(28(38)39)20-14-18(41-2)7-9-23(20)33/h3-10,13-14,26-27,32-33H,11-12,15-16H2,1-2H3,(H,34,35)(H,36,37)(H,38,39). The van der Waals surface area contributed by atoms with Gasteiger partial charge in [-0.2, -0.15) is 0 Å². The smallest absolute Gasteiger partial charge is 0.325 e. The van der Waals surface area contributed by atoms with Crippen LogP contribution in [0.2, 0.25) is 0 Å². The van der Waals surface area contributed by atoms with E-state index in [-0.39, 0.29) is 41.5 Å². The van der Waals surface area contributed by atoms with Gasteiger partial charge in [0.15, 0.2) is 0 Å². The minimum Gasteiger partial charge on any atom is -0.508 e. The Balaban J connectivity index is 2.08. The molecule has 2 aromatic carbocycles. The molecule has 1 heterocycles. The molecule has 5 N–H and O–H groups in total. The van der Waals surface area contributed by atoms with Crippen molar-refractivity contribution in [2.45, 2.75) is 12.1 Å². The molecule has 1 aromatic heterocycles. The molecule has 41 heavy (non-hydrogen) atoms. The van der Waals surface area contributed by atoms with Gasteiger partial charge in [-0.1, -0.05) is 6.07 Å². The molecule has 218 valence electrons. The van der Waals surface area contributed by atoms with E-state index in [2.05, 4.69) is 4.98 Å². The summed E-state index contributed by atoms with van der Waals surface area (Å²) in [6, 6.07) is 10.9. The summed E-state index contributed by atoms with van der Waals surface area (Å²) in [6.45, 7) is -1.75. The van der Waals surface area contributed by atoms with Crippen LogP contribution in [0.4, 0.5) is 0 Å². The average molecular weight is 570 g/mol. The molecular formula is C28H31N3O10. The second kappa shape index (κ2) is 14.0. The molecule has 2 unspecified atom stereocenters. The molecule has 0 bridgehead atoms. The number of phenolic OH excluding ortho intramolecular Hbond substituents is 2. The largest absolute Gasteiger partial charge is 0.508 e. The Morgan fingerprint density at radius 1 is 0.780 bits per heavy atom. The highest BCUT2D eigenvalue weighted by Crippen LogP contribution is 2.37. The minimum absolute atomic E-state index is 0.102. The quantitative estimate of drug-likeness (QED) is 0.179. The van der Waals surface area contributed by atoms with Gasteiger partial charge in [0.05, 0.1) is 39.0 Å². The average Bonchev–Trinajstić information content (AvgIpc) is 2.93. The fourth-order valence-corrected chi connectivity index (χ4v) is 4.53. The van der Waals surface area contributed by atoms with Crippen LogP contribution in [0, 0.1) is 0 Å². The van der Waals surface area contributed by atoms with Crippen LogP contribution in [0.1, 0.15) is 28.9 Å². The molecule has 0 aliphatic rings. The molecule has 0 radical (unpaired) electrons. The maximum atomic E-state index is 12.4. The van der Waals surface area contributed by atoms with Gasteiger partial charge in [-0.3, -0.25) is 29.2 Å². The Hall–Kier alpha value is -4.88. The van der Waals surface area contributed by atoms with E-state index in [1.54, 1.807) is 18.2 Å². The van der Waals surface area contributed by atoms with Gasteiger partial charge >= 0.3 is 17.9 Å².